The van der Waals surface area contributed by atoms with Crippen LogP contribution in [0.25, 0.3) is 0 Å². The fourth-order valence-electron chi connectivity index (χ4n) is 3.69. The lowest BCUT2D eigenvalue weighted by molar-refractivity contribution is -0.145. The summed E-state index contributed by atoms with van der Waals surface area (Å²) in [5.41, 5.74) is 0. The summed E-state index contributed by atoms with van der Waals surface area (Å²) in [5.74, 6) is 2.17. The molecule has 0 saturated carbocycles. The third-order valence-corrected chi connectivity index (χ3v) is 5.24. The molecule has 0 radical (unpaired) electrons. The van der Waals surface area contributed by atoms with Crippen LogP contribution in [-0.2, 0) is 23.0 Å². The standard InChI is InChI=1S/C17H27N3O2/c1-13-15(4-3-11-22-13)17(21)20-8-5-14(6-9-20)12-16-18-7-10-19(16)2/h7,10,13-15H,3-6,8-9,11-12H2,1-2H3. The quantitative estimate of drug-likeness (QED) is 0.858. The van der Waals surface area contributed by atoms with Crippen LogP contribution in [0.15, 0.2) is 12.4 Å². The van der Waals surface area contributed by atoms with Crippen molar-refractivity contribution in [3.8, 4) is 0 Å². The molecule has 2 atom stereocenters. The minimum absolute atomic E-state index is 0.0693. The molecule has 2 unspecified atom stereocenters. The molecule has 1 aromatic rings. The fraction of sp³-hybridized carbons (Fsp3) is 0.765. The Morgan fingerprint density at radius 2 is 2.14 bits per heavy atom. The summed E-state index contributed by atoms with van der Waals surface area (Å²) in [6.45, 7) is 4.61. The zero-order valence-corrected chi connectivity index (χ0v) is 13.7. The first-order valence-electron chi connectivity index (χ1n) is 8.51. The molecule has 2 aliphatic rings. The number of nitrogens with zero attached hydrogens (tertiary/aromatic N) is 3. The molecular weight excluding hydrogens is 278 g/mol. The normalized spacial score (nSPS) is 27.1. The van der Waals surface area contributed by atoms with Crippen molar-refractivity contribution < 1.29 is 9.53 Å². The molecule has 122 valence electrons. The third-order valence-electron chi connectivity index (χ3n) is 5.24. The molecule has 5 heteroatoms. The van der Waals surface area contributed by atoms with E-state index < -0.39 is 0 Å². The Kier molecular flexibility index (Phi) is 4.81. The molecule has 2 saturated heterocycles. The zero-order valence-electron chi connectivity index (χ0n) is 13.7. The summed E-state index contributed by atoms with van der Waals surface area (Å²) in [6, 6.07) is 0. The minimum atomic E-state index is 0.0693. The summed E-state index contributed by atoms with van der Waals surface area (Å²) >= 11 is 0. The first kappa shape index (κ1) is 15.5. The van der Waals surface area contributed by atoms with E-state index in [1.807, 2.05) is 26.4 Å². The number of ether oxygens (including phenoxy) is 1. The van der Waals surface area contributed by atoms with Crippen LogP contribution < -0.4 is 0 Å². The van der Waals surface area contributed by atoms with Crippen molar-refractivity contribution in [2.24, 2.45) is 18.9 Å². The van der Waals surface area contributed by atoms with Gasteiger partial charge >= 0.3 is 0 Å². The van der Waals surface area contributed by atoms with E-state index >= 15 is 0 Å². The van der Waals surface area contributed by atoms with Crippen LogP contribution in [0.4, 0.5) is 0 Å². The fourth-order valence-corrected chi connectivity index (χ4v) is 3.69. The van der Waals surface area contributed by atoms with E-state index in [9.17, 15) is 4.79 Å². The molecule has 3 heterocycles. The van der Waals surface area contributed by atoms with Crippen LogP contribution in [-0.4, -0.2) is 46.2 Å². The Bertz CT molecular complexity index is 506. The molecule has 0 N–H and O–H groups in total. The smallest absolute Gasteiger partial charge is 0.228 e. The lowest BCUT2D eigenvalue weighted by atomic mass is 9.90. The van der Waals surface area contributed by atoms with Crippen molar-refractivity contribution in [1.82, 2.24) is 14.5 Å². The number of amides is 1. The molecule has 1 aromatic heterocycles. The van der Waals surface area contributed by atoms with Crippen molar-refractivity contribution in [2.45, 2.75) is 45.1 Å². The number of hydrogen-bond donors (Lipinski definition) is 0. The molecule has 3 rings (SSSR count). The molecule has 0 aromatic carbocycles. The second kappa shape index (κ2) is 6.82. The van der Waals surface area contributed by atoms with Crippen molar-refractivity contribution >= 4 is 5.91 Å². The lowest BCUT2D eigenvalue weighted by Gasteiger charge is -2.37. The van der Waals surface area contributed by atoms with Gasteiger partial charge in [0.1, 0.15) is 5.82 Å². The summed E-state index contributed by atoms with van der Waals surface area (Å²) in [4.78, 5) is 19.1. The van der Waals surface area contributed by atoms with Gasteiger partial charge in [-0.3, -0.25) is 4.79 Å². The number of hydrogen-bond acceptors (Lipinski definition) is 3. The van der Waals surface area contributed by atoms with E-state index in [2.05, 4.69) is 14.5 Å². The van der Waals surface area contributed by atoms with Gasteiger partial charge in [-0.05, 0) is 38.5 Å². The molecule has 22 heavy (non-hydrogen) atoms. The van der Waals surface area contributed by atoms with Gasteiger partial charge in [-0.2, -0.15) is 0 Å². The van der Waals surface area contributed by atoms with E-state index in [4.69, 9.17) is 4.74 Å². The lowest BCUT2D eigenvalue weighted by Crippen LogP contribution is -2.46. The highest BCUT2D eigenvalue weighted by molar-refractivity contribution is 5.79. The number of carbonyl (C=O) groups excluding carboxylic acids is 1. The van der Waals surface area contributed by atoms with Crippen molar-refractivity contribution in [3.05, 3.63) is 18.2 Å². The average molecular weight is 305 g/mol. The number of imidazole rings is 1. The van der Waals surface area contributed by atoms with E-state index in [0.717, 1.165) is 57.6 Å². The predicted octanol–water partition coefficient (Wildman–Crippen LogP) is 2.02. The minimum Gasteiger partial charge on any atom is -0.378 e. The Morgan fingerprint density at radius 3 is 2.77 bits per heavy atom. The maximum atomic E-state index is 12.7. The second-order valence-electron chi connectivity index (χ2n) is 6.75. The zero-order chi connectivity index (χ0) is 15.5. The van der Waals surface area contributed by atoms with Gasteiger partial charge in [-0.1, -0.05) is 0 Å². The van der Waals surface area contributed by atoms with Crippen LogP contribution >= 0.6 is 0 Å². The topological polar surface area (TPSA) is 47.4 Å². The van der Waals surface area contributed by atoms with Crippen LogP contribution in [0.2, 0.25) is 0 Å². The van der Waals surface area contributed by atoms with Gasteiger partial charge in [0.2, 0.25) is 5.91 Å². The summed E-state index contributed by atoms with van der Waals surface area (Å²) in [7, 11) is 2.05. The maximum Gasteiger partial charge on any atom is 0.228 e. The highest BCUT2D eigenvalue weighted by Crippen LogP contribution is 2.26. The molecule has 0 bridgehead atoms. The van der Waals surface area contributed by atoms with Crippen molar-refractivity contribution in [3.63, 3.8) is 0 Å². The number of piperidine rings is 1. The van der Waals surface area contributed by atoms with Gasteiger partial charge < -0.3 is 14.2 Å². The van der Waals surface area contributed by atoms with Crippen molar-refractivity contribution in [1.29, 1.82) is 0 Å². The van der Waals surface area contributed by atoms with E-state index in [1.54, 1.807) is 0 Å². The summed E-state index contributed by atoms with van der Waals surface area (Å²) in [6.07, 6.45) is 9.11. The number of rotatable bonds is 3. The van der Waals surface area contributed by atoms with E-state index in [1.165, 1.54) is 0 Å². The maximum absolute atomic E-state index is 12.7. The van der Waals surface area contributed by atoms with Crippen molar-refractivity contribution in [2.75, 3.05) is 19.7 Å². The van der Waals surface area contributed by atoms with E-state index in [0.29, 0.717) is 11.8 Å². The molecular formula is C17H27N3O2. The first-order valence-corrected chi connectivity index (χ1v) is 8.51. The Balaban J connectivity index is 1.51. The molecule has 2 aliphatic heterocycles. The Morgan fingerprint density at radius 1 is 1.36 bits per heavy atom. The van der Waals surface area contributed by atoms with Gasteiger partial charge in [-0.15, -0.1) is 0 Å². The number of likely N-dealkylation sites (tertiary alicyclic amines) is 1. The van der Waals surface area contributed by atoms with Crippen LogP contribution in [0.5, 0.6) is 0 Å². The number of aryl methyl sites for hydroxylation is 1. The molecule has 2 fully saturated rings. The molecule has 0 spiro atoms. The molecule has 1 amide bonds. The van der Waals surface area contributed by atoms with Gasteiger partial charge in [0.25, 0.3) is 0 Å². The van der Waals surface area contributed by atoms with Crippen LogP contribution in [0.3, 0.4) is 0 Å². The van der Waals surface area contributed by atoms with E-state index in [-0.39, 0.29) is 12.0 Å². The number of aromatic nitrogens is 2. The SMILES string of the molecule is CC1OCCCC1C(=O)N1CCC(Cc2nccn2C)CC1. The monoisotopic (exact) mass is 305 g/mol. The third kappa shape index (κ3) is 3.35. The first-order chi connectivity index (χ1) is 10.6. The number of carbonyl (C=O) groups is 1. The summed E-state index contributed by atoms with van der Waals surface area (Å²) < 4.78 is 7.74. The molecule has 0 aliphatic carbocycles. The second-order valence-corrected chi connectivity index (χ2v) is 6.75. The summed E-state index contributed by atoms with van der Waals surface area (Å²) in [5, 5.41) is 0. The van der Waals surface area contributed by atoms with Gasteiger partial charge in [0.15, 0.2) is 0 Å². The predicted molar refractivity (Wildman–Crippen MR) is 84.4 cm³/mol. The van der Waals surface area contributed by atoms with Gasteiger partial charge in [0.05, 0.1) is 12.0 Å². The van der Waals surface area contributed by atoms with Crippen LogP contribution in [0.1, 0.15) is 38.4 Å². The molecule has 5 nitrogen and oxygen atoms in total. The largest absolute Gasteiger partial charge is 0.378 e. The highest BCUT2D eigenvalue weighted by Gasteiger charge is 2.33. The van der Waals surface area contributed by atoms with Crippen LogP contribution in [0, 0.1) is 11.8 Å². The Labute approximate surface area is 132 Å². The van der Waals surface area contributed by atoms with Gasteiger partial charge in [-0.25, -0.2) is 4.98 Å². The highest BCUT2D eigenvalue weighted by atomic mass is 16.5. The Hall–Kier alpha value is -1.36. The van der Waals surface area contributed by atoms with Gasteiger partial charge in [0, 0.05) is 45.6 Å². The average Bonchev–Trinajstić information content (AvgIpc) is 2.93.